The Kier molecular flexibility index (Phi) is 4.43. The highest BCUT2D eigenvalue weighted by molar-refractivity contribution is 5.95. The molecule has 1 unspecified atom stereocenters. The lowest BCUT2D eigenvalue weighted by atomic mass is 10.1. The van der Waals surface area contributed by atoms with Gasteiger partial charge in [-0.25, -0.2) is 0 Å². The molecule has 4 heteroatoms. The Morgan fingerprint density at radius 1 is 1.26 bits per heavy atom. The Morgan fingerprint density at radius 3 is 2.37 bits per heavy atom. The highest BCUT2D eigenvalue weighted by atomic mass is 16.3. The zero-order valence-corrected chi connectivity index (χ0v) is 11.7. The molecule has 0 aliphatic carbocycles. The summed E-state index contributed by atoms with van der Waals surface area (Å²) in [5, 5.41) is 9.14. The van der Waals surface area contributed by atoms with Gasteiger partial charge in [0.1, 0.15) is 0 Å². The normalized spacial score (nSPS) is 19.0. The van der Waals surface area contributed by atoms with Crippen LogP contribution in [0.5, 0.6) is 0 Å². The van der Waals surface area contributed by atoms with E-state index in [2.05, 4.69) is 30.9 Å². The number of rotatable bonds is 5. The van der Waals surface area contributed by atoms with Crippen LogP contribution in [0.2, 0.25) is 0 Å². The van der Waals surface area contributed by atoms with Crippen LogP contribution in [0.15, 0.2) is 24.3 Å². The largest absolute Gasteiger partial charge is 0.396 e. The number of aliphatic hydroxyl groups is 1. The summed E-state index contributed by atoms with van der Waals surface area (Å²) in [5.74, 6) is 0.185. The van der Waals surface area contributed by atoms with Gasteiger partial charge in [-0.3, -0.25) is 4.79 Å². The van der Waals surface area contributed by atoms with Crippen molar-refractivity contribution in [3.05, 3.63) is 24.3 Å². The second-order valence-corrected chi connectivity index (χ2v) is 4.95. The Labute approximate surface area is 114 Å². The van der Waals surface area contributed by atoms with Crippen LogP contribution in [0.1, 0.15) is 20.3 Å². The molecule has 1 atom stereocenters. The molecule has 104 valence electrons. The van der Waals surface area contributed by atoms with Gasteiger partial charge in [0.25, 0.3) is 0 Å². The molecule has 1 heterocycles. The first-order valence-electron chi connectivity index (χ1n) is 6.95. The van der Waals surface area contributed by atoms with E-state index in [4.69, 9.17) is 5.11 Å². The van der Waals surface area contributed by atoms with Crippen molar-refractivity contribution in [1.82, 2.24) is 0 Å². The average Bonchev–Trinajstić information content (AvgIpc) is 2.82. The van der Waals surface area contributed by atoms with Crippen LogP contribution in [-0.4, -0.2) is 37.3 Å². The maximum atomic E-state index is 11.9. The van der Waals surface area contributed by atoms with Crippen molar-refractivity contribution in [3.63, 3.8) is 0 Å². The van der Waals surface area contributed by atoms with Crippen molar-refractivity contribution in [3.8, 4) is 0 Å². The summed E-state index contributed by atoms with van der Waals surface area (Å²) >= 11 is 0. The zero-order chi connectivity index (χ0) is 13.8. The molecule has 0 bridgehead atoms. The monoisotopic (exact) mass is 262 g/mol. The van der Waals surface area contributed by atoms with E-state index in [-0.39, 0.29) is 18.4 Å². The predicted octanol–water partition coefficient (Wildman–Crippen LogP) is 1.88. The Bertz CT molecular complexity index is 426. The number of benzene rings is 1. The molecule has 0 aromatic heterocycles. The van der Waals surface area contributed by atoms with Gasteiger partial charge in [0.05, 0.1) is 0 Å². The lowest BCUT2D eigenvalue weighted by molar-refractivity contribution is -0.117. The van der Waals surface area contributed by atoms with Gasteiger partial charge in [-0.1, -0.05) is 0 Å². The zero-order valence-electron chi connectivity index (χ0n) is 11.7. The van der Waals surface area contributed by atoms with Gasteiger partial charge >= 0.3 is 0 Å². The minimum absolute atomic E-state index is 0.0787. The van der Waals surface area contributed by atoms with Crippen molar-refractivity contribution in [1.29, 1.82) is 0 Å². The third-order valence-electron chi connectivity index (χ3n) is 3.75. The van der Waals surface area contributed by atoms with E-state index in [9.17, 15) is 4.79 Å². The maximum absolute atomic E-state index is 11.9. The molecule has 1 saturated heterocycles. The molecule has 1 aliphatic heterocycles. The number of aliphatic hydroxyl groups excluding tert-OH is 1. The van der Waals surface area contributed by atoms with Crippen LogP contribution in [0.4, 0.5) is 11.4 Å². The quantitative estimate of drug-likeness (QED) is 0.881. The molecule has 0 radical (unpaired) electrons. The first kappa shape index (κ1) is 13.9. The fraction of sp³-hybridized carbons (Fsp3) is 0.533. The number of amides is 1. The molecule has 19 heavy (non-hydrogen) atoms. The van der Waals surface area contributed by atoms with E-state index in [0.29, 0.717) is 13.0 Å². The van der Waals surface area contributed by atoms with Crippen molar-refractivity contribution in [2.24, 2.45) is 5.92 Å². The maximum Gasteiger partial charge on any atom is 0.227 e. The van der Waals surface area contributed by atoms with Gasteiger partial charge in [0.15, 0.2) is 0 Å². The molecule has 1 aromatic carbocycles. The third kappa shape index (κ3) is 2.89. The Hall–Kier alpha value is -1.55. The van der Waals surface area contributed by atoms with Crippen molar-refractivity contribution >= 4 is 17.3 Å². The van der Waals surface area contributed by atoms with Gasteiger partial charge in [-0.2, -0.15) is 0 Å². The molecule has 1 fully saturated rings. The van der Waals surface area contributed by atoms with Crippen LogP contribution in [-0.2, 0) is 4.79 Å². The van der Waals surface area contributed by atoms with Crippen molar-refractivity contribution in [2.75, 3.05) is 36.0 Å². The lowest BCUT2D eigenvalue weighted by Crippen LogP contribution is -2.25. The standard InChI is InChI=1S/C15H22N2O2/c1-3-16(4-2)13-5-7-14(8-6-13)17-10-12(11-18)9-15(17)19/h5-8,12,18H,3-4,9-11H2,1-2H3. The summed E-state index contributed by atoms with van der Waals surface area (Å²) in [6.45, 7) is 6.93. The molecule has 2 rings (SSSR count). The number of anilines is 2. The van der Waals surface area contributed by atoms with E-state index in [1.54, 1.807) is 4.90 Å². The van der Waals surface area contributed by atoms with Gasteiger partial charge in [0, 0.05) is 50.0 Å². The van der Waals surface area contributed by atoms with Crippen LogP contribution >= 0.6 is 0 Å². The summed E-state index contributed by atoms with van der Waals surface area (Å²) in [6, 6.07) is 8.10. The molecular weight excluding hydrogens is 240 g/mol. The van der Waals surface area contributed by atoms with E-state index < -0.39 is 0 Å². The van der Waals surface area contributed by atoms with Crippen molar-refractivity contribution < 1.29 is 9.90 Å². The van der Waals surface area contributed by atoms with Gasteiger partial charge in [-0.15, -0.1) is 0 Å². The van der Waals surface area contributed by atoms with Gasteiger partial charge < -0.3 is 14.9 Å². The Balaban J connectivity index is 2.12. The molecule has 0 saturated carbocycles. The first-order valence-corrected chi connectivity index (χ1v) is 6.95. The second-order valence-electron chi connectivity index (χ2n) is 4.95. The molecular formula is C15H22N2O2. The van der Waals surface area contributed by atoms with Gasteiger partial charge in [-0.05, 0) is 38.1 Å². The van der Waals surface area contributed by atoms with Crippen molar-refractivity contribution in [2.45, 2.75) is 20.3 Å². The smallest absolute Gasteiger partial charge is 0.227 e. The van der Waals surface area contributed by atoms with Crippen LogP contribution in [0, 0.1) is 5.92 Å². The first-order chi connectivity index (χ1) is 9.19. The molecule has 1 aliphatic rings. The number of carbonyl (C=O) groups excluding carboxylic acids is 1. The predicted molar refractivity (Wildman–Crippen MR) is 77.5 cm³/mol. The Morgan fingerprint density at radius 2 is 1.89 bits per heavy atom. The van der Waals surface area contributed by atoms with Crippen LogP contribution < -0.4 is 9.80 Å². The second kappa shape index (κ2) is 6.06. The summed E-state index contributed by atoms with van der Waals surface area (Å²) in [4.78, 5) is 15.9. The third-order valence-corrected chi connectivity index (χ3v) is 3.75. The lowest BCUT2D eigenvalue weighted by Gasteiger charge is -2.22. The SMILES string of the molecule is CCN(CC)c1ccc(N2CC(CO)CC2=O)cc1. The fourth-order valence-corrected chi connectivity index (χ4v) is 2.59. The van der Waals surface area contributed by atoms with E-state index >= 15 is 0 Å². The minimum atomic E-state index is 0.0787. The summed E-state index contributed by atoms with van der Waals surface area (Å²) < 4.78 is 0. The van der Waals surface area contributed by atoms with E-state index in [1.165, 1.54) is 5.69 Å². The minimum Gasteiger partial charge on any atom is -0.396 e. The molecule has 1 N–H and O–H groups in total. The van der Waals surface area contributed by atoms with E-state index in [1.807, 2.05) is 12.1 Å². The average molecular weight is 262 g/mol. The molecule has 0 spiro atoms. The molecule has 4 nitrogen and oxygen atoms in total. The molecule has 1 aromatic rings. The highest BCUT2D eigenvalue weighted by Gasteiger charge is 2.29. The number of hydrogen-bond donors (Lipinski definition) is 1. The van der Waals surface area contributed by atoms with Crippen LogP contribution in [0.3, 0.4) is 0 Å². The highest BCUT2D eigenvalue weighted by Crippen LogP contribution is 2.26. The van der Waals surface area contributed by atoms with Crippen LogP contribution in [0.25, 0.3) is 0 Å². The fourth-order valence-electron chi connectivity index (χ4n) is 2.59. The number of carbonyl (C=O) groups is 1. The van der Waals surface area contributed by atoms with E-state index in [0.717, 1.165) is 18.8 Å². The summed E-state index contributed by atoms with van der Waals surface area (Å²) in [6.07, 6.45) is 0.453. The topological polar surface area (TPSA) is 43.8 Å². The summed E-state index contributed by atoms with van der Waals surface area (Å²) in [7, 11) is 0. The number of hydrogen-bond acceptors (Lipinski definition) is 3. The van der Waals surface area contributed by atoms with Gasteiger partial charge in [0.2, 0.25) is 5.91 Å². The summed E-state index contributed by atoms with van der Waals surface area (Å²) in [5.41, 5.74) is 2.11. The molecule has 1 amide bonds. The number of nitrogens with zero attached hydrogens (tertiary/aromatic N) is 2.